The van der Waals surface area contributed by atoms with Crippen molar-refractivity contribution < 1.29 is 13.9 Å². The first-order valence-electron chi connectivity index (χ1n) is 9.28. The molecule has 0 radical (unpaired) electrons. The molecule has 0 saturated carbocycles. The minimum absolute atomic E-state index is 0. The maximum atomic E-state index is 13.2. The van der Waals surface area contributed by atoms with Gasteiger partial charge in [-0.3, -0.25) is 9.79 Å². The van der Waals surface area contributed by atoms with Crippen molar-refractivity contribution in [1.82, 2.24) is 16.0 Å². The van der Waals surface area contributed by atoms with Crippen LogP contribution < -0.4 is 20.7 Å². The number of nitrogens with zero attached hydrogens (tertiary/aromatic N) is 1. The highest BCUT2D eigenvalue weighted by Gasteiger charge is 2.07. The molecule has 2 aromatic carbocycles. The van der Waals surface area contributed by atoms with Gasteiger partial charge >= 0.3 is 0 Å². The van der Waals surface area contributed by atoms with E-state index in [1.54, 1.807) is 31.3 Å². The Balaban J connectivity index is 0.00000420. The van der Waals surface area contributed by atoms with Gasteiger partial charge in [0, 0.05) is 31.8 Å². The molecular formula is C21H28FIN4O2. The summed E-state index contributed by atoms with van der Waals surface area (Å²) in [4.78, 5) is 16.1. The van der Waals surface area contributed by atoms with Gasteiger partial charge in [0.05, 0.1) is 6.54 Å². The van der Waals surface area contributed by atoms with Gasteiger partial charge < -0.3 is 20.7 Å². The van der Waals surface area contributed by atoms with E-state index in [1.807, 2.05) is 25.1 Å². The number of carbonyl (C=O) groups excluding carboxylic acids is 1. The predicted molar refractivity (Wildman–Crippen MR) is 125 cm³/mol. The van der Waals surface area contributed by atoms with Gasteiger partial charge in [-0.05, 0) is 37.6 Å². The average molecular weight is 514 g/mol. The smallest absolute Gasteiger partial charge is 0.251 e. The van der Waals surface area contributed by atoms with E-state index in [9.17, 15) is 9.18 Å². The van der Waals surface area contributed by atoms with Crippen LogP contribution in [0.3, 0.4) is 0 Å². The standard InChI is InChI=1S/C21H27FN4O2.HI/c1-16(28-19-11-6-10-18(22)14-19)15-26-21(23-2)25-13-7-12-24-20(27)17-8-4-3-5-9-17;/h3-6,8-11,14,16H,7,12-13,15H2,1-2H3,(H,24,27)(H2,23,25,26);1H. The van der Waals surface area contributed by atoms with Gasteiger partial charge in [0.1, 0.15) is 17.7 Å². The number of hydrogen-bond acceptors (Lipinski definition) is 3. The molecule has 6 nitrogen and oxygen atoms in total. The molecule has 0 fully saturated rings. The first kappa shape index (κ1) is 24.7. The molecule has 1 amide bonds. The maximum Gasteiger partial charge on any atom is 0.251 e. The van der Waals surface area contributed by atoms with E-state index in [0.29, 0.717) is 36.9 Å². The molecule has 1 atom stereocenters. The topological polar surface area (TPSA) is 74.8 Å². The maximum absolute atomic E-state index is 13.2. The summed E-state index contributed by atoms with van der Waals surface area (Å²) in [5.74, 6) is 0.733. The lowest BCUT2D eigenvalue weighted by molar-refractivity contribution is 0.0953. The summed E-state index contributed by atoms with van der Waals surface area (Å²) in [6, 6.07) is 15.2. The van der Waals surface area contributed by atoms with Gasteiger partial charge in [-0.15, -0.1) is 24.0 Å². The van der Waals surface area contributed by atoms with E-state index < -0.39 is 0 Å². The van der Waals surface area contributed by atoms with Crippen LogP contribution in [-0.4, -0.2) is 44.7 Å². The van der Waals surface area contributed by atoms with Gasteiger partial charge in [-0.1, -0.05) is 24.3 Å². The van der Waals surface area contributed by atoms with Crippen molar-refractivity contribution in [2.75, 3.05) is 26.7 Å². The van der Waals surface area contributed by atoms with Crippen LogP contribution >= 0.6 is 24.0 Å². The Hall–Kier alpha value is -2.36. The average Bonchev–Trinajstić information content (AvgIpc) is 2.70. The normalized spacial score (nSPS) is 11.8. The molecule has 0 aromatic heterocycles. The van der Waals surface area contributed by atoms with E-state index >= 15 is 0 Å². The number of rotatable bonds is 9. The molecule has 0 bridgehead atoms. The van der Waals surface area contributed by atoms with Crippen LogP contribution in [0.15, 0.2) is 59.6 Å². The number of aliphatic imine (C=N–C) groups is 1. The van der Waals surface area contributed by atoms with Crippen LogP contribution in [0.5, 0.6) is 5.75 Å². The first-order chi connectivity index (χ1) is 13.6. The van der Waals surface area contributed by atoms with Crippen LogP contribution in [0.1, 0.15) is 23.7 Å². The molecule has 1 unspecified atom stereocenters. The fourth-order valence-electron chi connectivity index (χ4n) is 2.46. The minimum Gasteiger partial charge on any atom is -0.489 e. The molecule has 29 heavy (non-hydrogen) atoms. The predicted octanol–water partition coefficient (Wildman–Crippen LogP) is 3.20. The van der Waals surface area contributed by atoms with Crippen molar-refractivity contribution in [3.05, 3.63) is 66.0 Å². The van der Waals surface area contributed by atoms with Gasteiger partial charge in [-0.2, -0.15) is 0 Å². The highest BCUT2D eigenvalue weighted by molar-refractivity contribution is 14.0. The van der Waals surface area contributed by atoms with Gasteiger partial charge in [0.2, 0.25) is 0 Å². The fraction of sp³-hybridized carbons (Fsp3) is 0.333. The highest BCUT2D eigenvalue weighted by Crippen LogP contribution is 2.13. The fourth-order valence-corrected chi connectivity index (χ4v) is 2.46. The summed E-state index contributed by atoms with van der Waals surface area (Å²) in [5, 5.41) is 9.23. The zero-order valence-electron chi connectivity index (χ0n) is 16.7. The SMILES string of the molecule is CN=C(NCCCNC(=O)c1ccccc1)NCC(C)Oc1cccc(F)c1.I. The Bertz CT molecular complexity index is 774. The number of halogens is 2. The Morgan fingerprint density at radius 1 is 1.07 bits per heavy atom. The summed E-state index contributed by atoms with van der Waals surface area (Å²) < 4.78 is 18.9. The van der Waals surface area contributed by atoms with Crippen LogP contribution in [-0.2, 0) is 0 Å². The lowest BCUT2D eigenvalue weighted by Crippen LogP contribution is -2.42. The Morgan fingerprint density at radius 2 is 1.79 bits per heavy atom. The second-order valence-corrected chi connectivity index (χ2v) is 6.24. The summed E-state index contributed by atoms with van der Waals surface area (Å²) in [6.07, 6.45) is 0.597. The molecule has 158 valence electrons. The Kier molecular flexibility index (Phi) is 11.7. The largest absolute Gasteiger partial charge is 0.489 e. The third-order valence-electron chi connectivity index (χ3n) is 3.88. The van der Waals surface area contributed by atoms with Crippen molar-refractivity contribution in [3.8, 4) is 5.75 Å². The summed E-state index contributed by atoms with van der Waals surface area (Å²) in [6.45, 7) is 3.63. The molecular weight excluding hydrogens is 486 g/mol. The summed E-state index contributed by atoms with van der Waals surface area (Å²) in [7, 11) is 1.69. The van der Waals surface area contributed by atoms with Crippen LogP contribution in [0.25, 0.3) is 0 Å². The minimum atomic E-state index is -0.325. The molecule has 0 spiro atoms. The van der Waals surface area contributed by atoms with E-state index in [2.05, 4.69) is 20.9 Å². The van der Waals surface area contributed by atoms with Crippen LogP contribution in [0.2, 0.25) is 0 Å². The molecule has 0 aliphatic rings. The van der Waals surface area contributed by atoms with Crippen molar-refractivity contribution >= 4 is 35.8 Å². The number of nitrogens with one attached hydrogen (secondary N) is 3. The third-order valence-corrected chi connectivity index (χ3v) is 3.88. The molecule has 2 rings (SSSR count). The van der Waals surface area contributed by atoms with Crippen molar-refractivity contribution in [3.63, 3.8) is 0 Å². The van der Waals surface area contributed by atoms with Crippen molar-refractivity contribution in [2.24, 2.45) is 4.99 Å². The molecule has 0 aliphatic heterocycles. The van der Waals surface area contributed by atoms with Crippen LogP contribution in [0.4, 0.5) is 4.39 Å². The lowest BCUT2D eigenvalue weighted by atomic mass is 10.2. The monoisotopic (exact) mass is 514 g/mol. The molecule has 0 saturated heterocycles. The van der Waals surface area contributed by atoms with Crippen molar-refractivity contribution in [2.45, 2.75) is 19.4 Å². The zero-order valence-corrected chi connectivity index (χ0v) is 19.0. The van der Waals surface area contributed by atoms with E-state index in [4.69, 9.17) is 4.74 Å². The second-order valence-electron chi connectivity index (χ2n) is 6.24. The van der Waals surface area contributed by atoms with E-state index in [0.717, 1.165) is 6.42 Å². The number of carbonyl (C=O) groups is 1. The van der Waals surface area contributed by atoms with E-state index in [-0.39, 0.29) is 41.8 Å². The quantitative estimate of drug-likeness (QED) is 0.208. The summed E-state index contributed by atoms with van der Waals surface area (Å²) >= 11 is 0. The highest BCUT2D eigenvalue weighted by atomic mass is 127. The third kappa shape index (κ3) is 9.60. The number of amides is 1. The van der Waals surface area contributed by atoms with Gasteiger partial charge in [0.25, 0.3) is 5.91 Å². The number of ether oxygens (including phenoxy) is 1. The molecule has 0 heterocycles. The lowest BCUT2D eigenvalue weighted by Gasteiger charge is -2.18. The second kappa shape index (κ2) is 13.8. The Morgan fingerprint density at radius 3 is 2.48 bits per heavy atom. The zero-order chi connectivity index (χ0) is 20.2. The molecule has 8 heteroatoms. The number of hydrogen-bond donors (Lipinski definition) is 3. The number of benzene rings is 2. The van der Waals surface area contributed by atoms with Gasteiger partial charge in [-0.25, -0.2) is 4.39 Å². The first-order valence-corrected chi connectivity index (χ1v) is 9.28. The van der Waals surface area contributed by atoms with Crippen LogP contribution in [0, 0.1) is 5.82 Å². The summed E-state index contributed by atoms with van der Waals surface area (Å²) in [5.41, 5.74) is 0.653. The molecule has 0 aliphatic carbocycles. The number of guanidine groups is 1. The molecule has 3 N–H and O–H groups in total. The van der Waals surface area contributed by atoms with Gasteiger partial charge in [0.15, 0.2) is 5.96 Å². The van der Waals surface area contributed by atoms with E-state index in [1.165, 1.54) is 12.1 Å². The Labute approximate surface area is 188 Å². The van der Waals surface area contributed by atoms with Crippen molar-refractivity contribution in [1.29, 1.82) is 0 Å². The molecule has 2 aromatic rings.